The minimum absolute atomic E-state index is 0.444. The topological polar surface area (TPSA) is 93.2 Å². The van der Waals surface area contributed by atoms with Gasteiger partial charge < -0.3 is 29.5 Å². The minimum Gasteiger partial charge on any atom is -0.493 e. The van der Waals surface area contributed by atoms with Crippen LogP contribution in [0.25, 0.3) is 10.9 Å². The highest BCUT2D eigenvalue weighted by Gasteiger charge is 2.38. The van der Waals surface area contributed by atoms with Crippen molar-refractivity contribution in [3.63, 3.8) is 0 Å². The van der Waals surface area contributed by atoms with E-state index in [9.17, 15) is 13.2 Å². The largest absolute Gasteiger partial charge is 0.493 e. The third-order valence-corrected chi connectivity index (χ3v) is 7.47. The lowest BCUT2D eigenvalue weighted by Gasteiger charge is -2.27. The number of anilines is 1. The summed E-state index contributed by atoms with van der Waals surface area (Å²) in [6.45, 7) is 5.95. The first-order valence-corrected chi connectivity index (χ1v) is 13.8. The number of hydrogen-bond donors (Lipinski definition) is 2. The number of aromatic nitrogens is 1. The van der Waals surface area contributed by atoms with E-state index in [1.54, 1.807) is 7.11 Å². The predicted octanol–water partition coefficient (Wildman–Crippen LogP) is 5.21. The van der Waals surface area contributed by atoms with Crippen LogP contribution in [-0.4, -0.2) is 79.7 Å². The molecular weight excluding hydrogens is 515 g/mol. The number of aryl methyl sites for hydroxylation is 1. The third-order valence-electron chi connectivity index (χ3n) is 7.47. The minimum atomic E-state index is -5.08. The number of fused-ring (bicyclic) bond motifs is 3. The molecule has 0 saturated carbocycles. The number of benzene rings is 1. The molecule has 0 spiro atoms. The molecule has 1 aromatic carbocycles. The Hall–Kier alpha value is -2.79. The van der Waals surface area contributed by atoms with Crippen LogP contribution in [0, 0.1) is 0 Å². The van der Waals surface area contributed by atoms with E-state index in [0.717, 1.165) is 74.7 Å². The quantitative estimate of drug-likeness (QED) is 0.431. The second-order valence-corrected chi connectivity index (χ2v) is 10.2. The monoisotopic (exact) mass is 553 g/mol. The van der Waals surface area contributed by atoms with Gasteiger partial charge in [0.05, 0.1) is 19.2 Å². The zero-order valence-electron chi connectivity index (χ0n) is 22.4. The summed E-state index contributed by atoms with van der Waals surface area (Å²) in [5.74, 6) is -0.0585. The number of carboxylic acids is 1. The van der Waals surface area contributed by atoms with Crippen LogP contribution in [0.3, 0.4) is 0 Å². The zero-order chi connectivity index (χ0) is 27.8. The van der Waals surface area contributed by atoms with E-state index in [1.807, 2.05) is 0 Å². The number of methoxy groups -OCH3 is 1. The normalized spacial score (nSPS) is 18.3. The molecule has 0 bridgehead atoms. The highest BCUT2D eigenvalue weighted by molar-refractivity contribution is 5.89. The lowest BCUT2D eigenvalue weighted by molar-refractivity contribution is -0.192. The summed E-state index contributed by atoms with van der Waals surface area (Å²) in [5.41, 5.74) is 3.85. The summed E-state index contributed by atoms with van der Waals surface area (Å²) in [7, 11) is 1.74. The summed E-state index contributed by atoms with van der Waals surface area (Å²) in [6.07, 6.45) is 5.38. The smallest absolute Gasteiger partial charge is 0.490 e. The molecule has 39 heavy (non-hydrogen) atoms. The molecular formula is C28H38F3N3O5. The van der Waals surface area contributed by atoms with Gasteiger partial charge in [0.25, 0.3) is 0 Å². The highest BCUT2D eigenvalue weighted by atomic mass is 19.4. The molecule has 0 radical (unpaired) electrons. The summed E-state index contributed by atoms with van der Waals surface area (Å²) in [5, 5.41) is 12.1. The highest BCUT2D eigenvalue weighted by Crippen LogP contribution is 2.39. The van der Waals surface area contributed by atoms with Gasteiger partial charge in [-0.25, -0.2) is 9.78 Å². The van der Waals surface area contributed by atoms with Crippen molar-refractivity contribution < 1.29 is 37.3 Å². The van der Waals surface area contributed by atoms with Gasteiger partial charge in [-0.2, -0.15) is 13.2 Å². The maximum atomic E-state index is 10.6. The molecule has 2 saturated heterocycles. The van der Waals surface area contributed by atoms with Crippen LogP contribution in [-0.2, 0) is 22.4 Å². The molecule has 0 atom stereocenters. The molecule has 2 aromatic rings. The number of aliphatic carboxylic acids is 1. The molecule has 2 aliphatic heterocycles. The lowest BCUT2D eigenvalue weighted by atomic mass is 9.89. The van der Waals surface area contributed by atoms with Crippen molar-refractivity contribution >= 4 is 22.7 Å². The van der Waals surface area contributed by atoms with Crippen LogP contribution in [0.1, 0.15) is 56.1 Å². The number of rotatable bonds is 8. The third kappa shape index (κ3) is 7.88. The predicted molar refractivity (Wildman–Crippen MR) is 142 cm³/mol. The van der Waals surface area contributed by atoms with Crippen molar-refractivity contribution in [1.82, 2.24) is 9.88 Å². The second-order valence-electron chi connectivity index (χ2n) is 10.2. The maximum Gasteiger partial charge on any atom is 0.490 e. The van der Waals surface area contributed by atoms with Crippen LogP contribution >= 0.6 is 0 Å². The molecule has 11 heteroatoms. The van der Waals surface area contributed by atoms with Crippen molar-refractivity contribution in [2.75, 3.05) is 51.9 Å². The first kappa shape index (κ1) is 29.2. The van der Waals surface area contributed by atoms with Gasteiger partial charge in [-0.05, 0) is 88.1 Å². The Labute approximate surface area is 226 Å². The number of ether oxygens (including phenoxy) is 3. The van der Waals surface area contributed by atoms with Crippen LogP contribution in [0.5, 0.6) is 11.5 Å². The van der Waals surface area contributed by atoms with Gasteiger partial charge in [0.15, 0.2) is 11.5 Å². The number of carboxylic acid groups (broad SMARTS) is 1. The van der Waals surface area contributed by atoms with Crippen molar-refractivity contribution in [2.24, 2.45) is 0 Å². The van der Waals surface area contributed by atoms with Crippen LogP contribution in [0.4, 0.5) is 19.0 Å². The molecule has 8 nitrogen and oxygen atoms in total. The first-order chi connectivity index (χ1) is 18.8. The van der Waals surface area contributed by atoms with Gasteiger partial charge in [-0.3, -0.25) is 0 Å². The van der Waals surface area contributed by atoms with E-state index in [2.05, 4.69) is 22.3 Å². The summed E-state index contributed by atoms with van der Waals surface area (Å²) < 4.78 is 49.2. The summed E-state index contributed by atoms with van der Waals surface area (Å²) >= 11 is 0. The molecule has 0 unspecified atom stereocenters. The van der Waals surface area contributed by atoms with Crippen molar-refractivity contribution in [3.8, 4) is 11.5 Å². The number of halogens is 3. The molecule has 2 fully saturated rings. The fourth-order valence-electron chi connectivity index (χ4n) is 5.44. The maximum absolute atomic E-state index is 10.6. The number of likely N-dealkylation sites (tertiary alicyclic amines) is 1. The van der Waals surface area contributed by atoms with Gasteiger partial charge in [-0.15, -0.1) is 0 Å². The Morgan fingerprint density at radius 1 is 1.10 bits per heavy atom. The molecule has 2 N–H and O–H groups in total. The average Bonchev–Trinajstić information content (AvgIpc) is 3.45. The molecule has 1 aliphatic carbocycles. The van der Waals surface area contributed by atoms with Gasteiger partial charge in [0.2, 0.25) is 0 Å². The SMILES string of the molecule is COc1cc2c3c(c(NC4CCOCC4)nc2cc1OCCCN1CCCC1)CCCC3.O=C(O)C(F)(F)F. The van der Waals surface area contributed by atoms with Crippen molar-refractivity contribution in [1.29, 1.82) is 0 Å². The Morgan fingerprint density at radius 2 is 1.77 bits per heavy atom. The number of pyridine rings is 1. The Kier molecular flexibility index (Phi) is 10.1. The number of alkyl halides is 3. The Bertz CT molecular complexity index is 1120. The van der Waals surface area contributed by atoms with E-state index in [0.29, 0.717) is 12.6 Å². The number of nitrogens with zero attached hydrogens (tertiary/aromatic N) is 2. The van der Waals surface area contributed by atoms with E-state index in [1.165, 1.54) is 55.3 Å². The summed E-state index contributed by atoms with van der Waals surface area (Å²) in [4.78, 5) is 16.5. The van der Waals surface area contributed by atoms with Gasteiger partial charge in [0.1, 0.15) is 5.82 Å². The molecule has 3 aliphatic rings. The first-order valence-electron chi connectivity index (χ1n) is 13.8. The van der Waals surface area contributed by atoms with E-state index in [-0.39, 0.29) is 0 Å². The van der Waals surface area contributed by atoms with Crippen molar-refractivity contribution in [3.05, 3.63) is 23.3 Å². The second kappa shape index (κ2) is 13.5. The molecule has 3 heterocycles. The van der Waals surface area contributed by atoms with E-state index >= 15 is 0 Å². The molecule has 216 valence electrons. The standard InChI is InChI=1S/C26H37N3O3.C2HF3O2/c1-30-24-17-22-20-7-2-3-8-21(20)26(27-19-9-15-31-16-10-19)28-23(22)18-25(24)32-14-6-13-29-11-4-5-12-29;3-2(4,5)1(6)7/h17-19H,2-16H2,1H3,(H,27,28);(H,6,7). The van der Waals surface area contributed by atoms with Crippen LogP contribution in [0.15, 0.2) is 12.1 Å². The fraction of sp³-hybridized carbons (Fsp3) is 0.643. The molecule has 0 amide bonds. The van der Waals surface area contributed by atoms with Gasteiger partial charge in [-0.1, -0.05) is 0 Å². The average molecular weight is 554 g/mol. The lowest BCUT2D eigenvalue weighted by Crippen LogP contribution is -2.29. The van der Waals surface area contributed by atoms with E-state index < -0.39 is 12.1 Å². The zero-order valence-corrected chi connectivity index (χ0v) is 22.4. The van der Waals surface area contributed by atoms with E-state index in [4.69, 9.17) is 29.1 Å². The molecule has 5 rings (SSSR count). The van der Waals surface area contributed by atoms with Gasteiger partial charge in [0, 0.05) is 37.3 Å². The van der Waals surface area contributed by atoms with Gasteiger partial charge >= 0.3 is 12.1 Å². The number of nitrogens with one attached hydrogen (secondary N) is 1. The Morgan fingerprint density at radius 3 is 2.41 bits per heavy atom. The molecule has 1 aromatic heterocycles. The van der Waals surface area contributed by atoms with Crippen molar-refractivity contribution in [2.45, 2.75) is 70.0 Å². The van der Waals surface area contributed by atoms with Crippen LogP contribution in [0.2, 0.25) is 0 Å². The Balaban J connectivity index is 0.000000448. The fourth-order valence-corrected chi connectivity index (χ4v) is 5.44. The van der Waals surface area contributed by atoms with Crippen LogP contribution < -0.4 is 14.8 Å². The number of hydrogen-bond acceptors (Lipinski definition) is 7. The number of carbonyl (C=O) groups is 1. The summed E-state index contributed by atoms with van der Waals surface area (Å²) in [6, 6.07) is 4.69.